The maximum atomic E-state index is 11.0. The van der Waals surface area contributed by atoms with Crippen LogP contribution in [0.4, 0.5) is 0 Å². The number of hydrogen-bond donors (Lipinski definition) is 3. The fourth-order valence-electron chi connectivity index (χ4n) is 0.661. The molecule has 0 rings (SSSR count). The number of ether oxygens (including phenoxy) is 1. The molecule has 6 heteroatoms. The van der Waals surface area contributed by atoms with E-state index in [0.717, 1.165) is 0 Å². The number of aliphatic hydroxyl groups is 3. The van der Waals surface area contributed by atoms with E-state index in [1.807, 2.05) is 0 Å². The van der Waals surface area contributed by atoms with Crippen LogP contribution in [-0.4, -0.2) is 52.5 Å². The van der Waals surface area contributed by atoms with E-state index in [-0.39, 0.29) is 6.61 Å². The molecule has 0 bridgehead atoms. The molecule has 0 radical (unpaired) electrons. The first kappa shape index (κ1) is 13.0. The van der Waals surface area contributed by atoms with Crippen LogP contribution in [-0.2, 0) is 14.3 Å². The zero-order valence-corrected chi connectivity index (χ0v) is 7.84. The highest BCUT2D eigenvalue weighted by Gasteiger charge is 2.30. The summed E-state index contributed by atoms with van der Waals surface area (Å²) < 4.78 is 4.43. The second-order valence-corrected chi connectivity index (χ2v) is 2.69. The van der Waals surface area contributed by atoms with Gasteiger partial charge in [0.2, 0.25) is 0 Å². The molecule has 0 aromatic carbocycles. The zero-order chi connectivity index (χ0) is 11.1. The Morgan fingerprint density at radius 3 is 2.36 bits per heavy atom. The van der Waals surface area contributed by atoms with E-state index in [1.54, 1.807) is 6.92 Å². The number of carbonyl (C=O) groups is 2. The van der Waals surface area contributed by atoms with Gasteiger partial charge in [-0.25, -0.2) is 4.79 Å². The molecule has 0 saturated carbocycles. The highest BCUT2D eigenvalue weighted by molar-refractivity contribution is 6.35. The average Bonchev–Trinajstić information content (AvgIpc) is 2.22. The Bertz CT molecular complexity index is 202. The summed E-state index contributed by atoms with van der Waals surface area (Å²) in [5, 5.41) is 26.2. The maximum absolute atomic E-state index is 11.0. The lowest BCUT2D eigenvalue weighted by atomic mass is 10.1. The van der Waals surface area contributed by atoms with Crippen molar-refractivity contribution in [2.45, 2.75) is 25.6 Å². The minimum atomic E-state index is -1.93. The highest BCUT2D eigenvalue weighted by atomic mass is 16.5. The molecule has 0 heterocycles. The summed E-state index contributed by atoms with van der Waals surface area (Å²) in [5.41, 5.74) is 0. The van der Waals surface area contributed by atoms with Gasteiger partial charge in [0.1, 0.15) is 6.10 Å². The first-order valence-corrected chi connectivity index (χ1v) is 4.22. The monoisotopic (exact) mass is 206 g/mol. The van der Waals surface area contributed by atoms with Crippen molar-refractivity contribution in [3.05, 3.63) is 0 Å². The van der Waals surface area contributed by atoms with Crippen molar-refractivity contribution in [1.29, 1.82) is 0 Å². The van der Waals surface area contributed by atoms with Crippen LogP contribution in [0.1, 0.15) is 13.3 Å². The van der Waals surface area contributed by atoms with Crippen molar-refractivity contribution in [3.8, 4) is 0 Å². The third kappa shape index (κ3) is 3.82. The molecular weight excluding hydrogens is 192 g/mol. The quantitative estimate of drug-likeness (QED) is 0.350. The summed E-state index contributed by atoms with van der Waals surface area (Å²) in [6.45, 7) is 1.03. The van der Waals surface area contributed by atoms with Crippen LogP contribution in [0.25, 0.3) is 0 Å². The van der Waals surface area contributed by atoms with Gasteiger partial charge in [-0.15, -0.1) is 0 Å². The number of carbonyl (C=O) groups excluding carboxylic acids is 2. The van der Waals surface area contributed by atoms with Gasteiger partial charge in [-0.05, 0) is 6.42 Å². The summed E-state index contributed by atoms with van der Waals surface area (Å²) in [4.78, 5) is 21.8. The molecule has 0 unspecified atom stereocenters. The molecule has 0 saturated heterocycles. The van der Waals surface area contributed by atoms with Crippen molar-refractivity contribution in [2.24, 2.45) is 0 Å². The Balaban J connectivity index is 4.10. The summed E-state index contributed by atoms with van der Waals surface area (Å²) in [7, 11) is 0. The van der Waals surface area contributed by atoms with E-state index in [0.29, 0.717) is 6.42 Å². The van der Waals surface area contributed by atoms with Crippen LogP contribution in [0.15, 0.2) is 0 Å². The smallest absolute Gasteiger partial charge is 0.377 e. The van der Waals surface area contributed by atoms with Crippen LogP contribution in [0.3, 0.4) is 0 Å². The molecule has 82 valence electrons. The SMILES string of the molecule is CCCOC(=O)C(=O)[C@H](O)[C@H](O)CO. The maximum Gasteiger partial charge on any atom is 0.377 e. The number of ketones is 1. The largest absolute Gasteiger partial charge is 0.460 e. The van der Waals surface area contributed by atoms with Gasteiger partial charge in [0.05, 0.1) is 13.2 Å². The average molecular weight is 206 g/mol. The predicted molar refractivity (Wildman–Crippen MR) is 45.4 cm³/mol. The molecule has 3 N–H and O–H groups in total. The number of esters is 1. The third-order valence-electron chi connectivity index (χ3n) is 1.46. The molecular formula is C8H14O6. The first-order chi connectivity index (χ1) is 6.54. The van der Waals surface area contributed by atoms with Crippen molar-refractivity contribution in [2.75, 3.05) is 13.2 Å². The first-order valence-electron chi connectivity index (χ1n) is 4.22. The number of Topliss-reactive ketones (excluding diaryl/α,β-unsaturated/α-hetero) is 1. The van der Waals surface area contributed by atoms with Gasteiger partial charge < -0.3 is 20.1 Å². The summed E-state index contributed by atoms with van der Waals surface area (Å²) in [6.07, 6.45) is -3.03. The Labute approximate surface area is 81.1 Å². The molecule has 0 fully saturated rings. The van der Waals surface area contributed by atoms with Crippen molar-refractivity contribution in [1.82, 2.24) is 0 Å². The van der Waals surface area contributed by atoms with E-state index in [9.17, 15) is 9.59 Å². The molecule has 14 heavy (non-hydrogen) atoms. The standard InChI is InChI=1S/C8H14O6/c1-2-3-14-8(13)7(12)6(11)5(10)4-9/h5-6,9-11H,2-4H2,1H3/t5-,6-/m1/s1. The lowest BCUT2D eigenvalue weighted by molar-refractivity contribution is -0.161. The van der Waals surface area contributed by atoms with Gasteiger partial charge in [-0.3, -0.25) is 4.79 Å². The molecule has 0 aromatic heterocycles. The lowest BCUT2D eigenvalue weighted by Gasteiger charge is -2.12. The van der Waals surface area contributed by atoms with E-state index >= 15 is 0 Å². The Kier molecular flexibility index (Phi) is 6.02. The molecule has 6 nitrogen and oxygen atoms in total. The molecule has 0 aromatic rings. The molecule has 0 aliphatic rings. The van der Waals surface area contributed by atoms with E-state index in [1.165, 1.54) is 0 Å². The molecule has 0 amide bonds. The zero-order valence-electron chi connectivity index (χ0n) is 7.84. The van der Waals surface area contributed by atoms with Crippen molar-refractivity contribution < 1.29 is 29.6 Å². The Morgan fingerprint density at radius 1 is 1.36 bits per heavy atom. The van der Waals surface area contributed by atoms with Gasteiger partial charge in [0.15, 0.2) is 6.10 Å². The molecule has 0 spiro atoms. The van der Waals surface area contributed by atoms with Gasteiger partial charge >= 0.3 is 5.97 Å². The van der Waals surface area contributed by atoms with Gasteiger partial charge in [0.25, 0.3) is 5.78 Å². The number of rotatable bonds is 6. The Morgan fingerprint density at radius 2 is 1.93 bits per heavy atom. The van der Waals surface area contributed by atoms with Crippen LogP contribution in [0, 0.1) is 0 Å². The summed E-state index contributed by atoms with van der Waals surface area (Å²) in [5.74, 6) is -2.45. The number of aliphatic hydroxyl groups excluding tert-OH is 3. The topological polar surface area (TPSA) is 104 Å². The molecule has 2 atom stereocenters. The minimum Gasteiger partial charge on any atom is -0.460 e. The fourth-order valence-corrected chi connectivity index (χ4v) is 0.661. The van der Waals surface area contributed by atoms with Crippen LogP contribution in [0.2, 0.25) is 0 Å². The van der Waals surface area contributed by atoms with Gasteiger partial charge in [0, 0.05) is 0 Å². The van der Waals surface area contributed by atoms with Gasteiger partial charge in [-0.2, -0.15) is 0 Å². The van der Waals surface area contributed by atoms with Crippen molar-refractivity contribution >= 4 is 11.8 Å². The summed E-state index contributed by atoms with van der Waals surface area (Å²) in [6, 6.07) is 0. The fraction of sp³-hybridized carbons (Fsp3) is 0.750. The molecule has 0 aliphatic heterocycles. The third-order valence-corrected chi connectivity index (χ3v) is 1.46. The van der Waals surface area contributed by atoms with E-state index in [4.69, 9.17) is 15.3 Å². The predicted octanol–water partition coefficient (Wildman–Crippen LogP) is -1.78. The minimum absolute atomic E-state index is 0.0759. The molecule has 0 aliphatic carbocycles. The Hall–Kier alpha value is -0.980. The summed E-state index contributed by atoms with van der Waals surface area (Å²) >= 11 is 0. The second kappa shape index (κ2) is 6.47. The van der Waals surface area contributed by atoms with Crippen LogP contribution < -0.4 is 0 Å². The second-order valence-electron chi connectivity index (χ2n) is 2.69. The van der Waals surface area contributed by atoms with Gasteiger partial charge in [-0.1, -0.05) is 6.92 Å². The highest BCUT2D eigenvalue weighted by Crippen LogP contribution is 1.97. The number of hydrogen-bond acceptors (Lipinski definition) is 6. The normalized spacial score (nSPS) is 14.6. The van der Waals surface area contributed by atoms with E-state index < -0.39 is 30.6 Å². The van der Waals surface area contributed by atoms with Crippen LogP contribution in [0.5, 0.6) is 0 Å². The van der Waals surface area contributed by atoms with Crippen molar-refractivity contribution in [3.63, 3.8) is 0 Å². The van der Waals surface area contributed by atoms with Crippen LogP contribution >= 0.6 is 0 Å². The lowest BCUT2D eigenvalue weighted by Crippen LogP contribution is -2.41. The van der Waals surface area contributed by atoms with E-state index in [2.05, 4.69) is 4.74 Å².